The van der Waals surface area contributed by atoms with Crippen molar-refractivity contribution in [1.82, 2.24) is 15.2 Å². The van der Waals surface area contributed by atoms with Crippen molar-refractivity contribution in [2.75, 3.05) is 6.54 Å². The molecule has 0 atom stereocenters. The third kappa shape index (κ3) is 8.23. The molecule has 33 heavy (non-hydrogen) atoms. The molecule has 0 aliphatic rings. The third-order valence-corrected chi connectivity index (χ3v) is 4.75. The minimum atomic E-state index is -4.37. The van der Waals surface area contributed by atoms with Crippen LogP contribution >= 0.6 is 24.0 Å². The summed E-state index contributed by atoms with van der Waals surface area (Å²) in [7, 11) is 0. The van der Waals surface area contributed by atoms with Crippen LogP contribution in [-0.2, 0) is 25.8 Å². The number of guanidine groups is 1. The maximum Gasteiger partial charge on any atom is 0.416 e. The van der Waals surface area contributed by atoms with Crippen LogP contribution in [-0.4, -0.2) is 17.1 Å². The highest BCUT2D eigenvalue weighted by Crippen LogP contribution is 2.29. The first-order chi connectivity index (χ1) is 15.3. The van der Waals surface area contributed by atoms with Gasteiger partial charge in [0.1, 0.15) is 0 Å². The quantitative estimate of drug-likeness (QED) is 0.244. The smallest absolute Gasteiger partial charge is 0.357 e. The molecule has 3 aromatic rings. The van der Waals surface area contributed by atoms with Crippen molar-refractivity contribution in [3.63, 3.8) is 0 Å². The van der Waals surface area contributed by atoms with Crippen molar-refractivity contribution in [3.05, 3.63) is 106 Å². The summed E-state index contributed by atoms with van der Waals surface area (Å²) in [5.74, 6) is 0.518. The number of halogens is 4. The zero-order valence-electron chi connectivity index (χ0n) is 18.1. The fraction of sp³-hybridized carbons (Fsp3) is 0.250. The molecule has 1 aromatic heterocycles. The molecule has 0 amide bonds. The van der Waals surface area contributed by atoms with Crippen LogP contribution in [0.25, 0.3) is 0 Å². The zero-order chi connectivity index (χ0) is 23.0. The van der Waals surface area contributed by atoms with Gasteiger partial charge in [-0.25, -0.2) is 4.99 Å². The number of aromatic nitrogens is 1. The van der Waals surface area contributed by atoms with Crippen molar-refractivity contribution >= 4 is 29.9 Å². The van der Waals surface area contributed by atoms with Gasteiger partial charge in [0.15, 0.2) is 5.96 Å². The first kappa shape index (κ1) is 26.4. The van der Waals surface area contributed by atoms with E-state index in [1.807, 2.05) is 37.3 Å². The van der Waals surface area contributed by atoms with Gasteiger partial charge in [-0.3, -0.25) is 4.79 Å². The molecule has 3 rings (SSSR count). The van der Waals surface area contributed by atoms with Gasteiger partial charge in [0.05, 0.1) is 18.7 Å². The zero-order valence-corrected chi connectivity index (χ0v) is 20.4. The number of aliphatic imine (C=N–C) groups is 1. The van der Waals surface area contributed by atoms with Crippen LogP contribution < -0.4 is 16.2 Å². The highest BCUT2D eigenvalue weighted by atomic mass is 127. The van der Waals surface area contributed by atoms with Gasteiger partial charge in [-0.15, -0.1) is 24.0 Å². The molecule has 5 nitrogen and oxygen atoms in total. The lowest BCUT2D eigenvalue weighted by Crippen LogP contribution is -2.36. The van der Waals surface area contributed by atoms with Crippen LogP contribution in [0.5, 0.6) is 0 Å². The predicted octanol–water partition coefficient (Wildman–Crippen LogP) is 4.79. The fourth-order valence-corrected chi connectivity index (χ4v) is 3.09. The number of nitrogens with zero attached hydrogens (tertiary/aromatic N) is 2. The van der Waals surface area contributed by atoms with Gasteiger partial charge in [0.2, 0.25) is 0 Å². The molecule has 0 aliphatic carbocycles. The van der Waals surface area contributed by atoms with Gasteiger partial charge in [0, 0.05) is 25.4 Å². The van der Waals surface area contributed by atoms with Crippen LogP contribution in [0.4, 0.5) is 13.2 Å². The molecule has 0 spiro atoms. The first-order valence-corrected chi connectivity index (χ1v) is 10.3. The number of benzene rings is 2. The standard InChI is InChI=1S/C24H25F3N4O.HI/c1-2-28-23(30-16-20-6-5-7-21(14-20)24(25,26)27)29-15-18-9-11-19(12-10-18)17-31-13-4-3-8-22(31)32;/h3-14H,2,15-17H2,1H3,(H2,28,29,30);1H. The average molecular weight is 570 g/mol. The first-order valence-electron chi connectivity index (χ1n) is 10.3. The average Bonchev–Trinajstić information content (AvgIpc) is 2.78. The van der Waals surface area contributed by atoms with Gasteiger partial charge in [-0.05, 0) is 41.8 Å². The summed E-state index contributed by atoms with van der Waals surface area (Å²) in [4.78, 5) is 16.2. The largest absolute Gasteiger partial charge is 0.416 e. The van der Waals surface area contributed by atoms with E-state index in [1.54, 1.807) is 22.9 Å². The summed E-state index contributed by atoms with van der Waals surface area (Å²) < 4.78 is 40.3. The molecule has 9 heteroatoms. The Morgan fingerprint density at radius 2 is 1.67 bits per heavy atom. The Balaban J connectivity index is 0.00000385. The van der Waals surface area contributed by atoms with Gasteiger partial charge in [0.25, 0.3) is 5.56 Å². The minimum absolute atomic E-state index is 0. The van der Waals surface area contributed by atoms with Crippen molar-refractivity contribution in [2.45, 2.75) is 32.7 Å². The molecular formula is C24H26F3IN4O. The third-order valence-electron chi connectivity index (χ3n) is 4.75. The molecule has 0 bridgehead atoms. The van der Waals surface area contributed by atoms with Gasteiger partial charge in [-0.1, -0.05) is 42.5 Å². The Morgan fingerprint density at radius 1 is 0.939 bits per heavy atom. The van der Waals surface area contributed by atoms with E-state index in [4.69, 9.17) is 0 Å². The van der Waals surface area contributed by atoms with Crippen LogP contribution in [0, 0.1) is 0 Å². The Hall–Kier alpha value is -2.82. The lowest BCUT2D eigenvalue weighted by atomic mass is 10.1. The Morgan fingerprint density at radius 3 is 2.33 bits per heavy atom. The summed E-state index contributed by atoms with van der Waals surface area (Å²) >= 11 is 0. The number of hydrogen-bond donors (Lipinski definition) is 2. The molecule has 1 heterocycles. The minimum Gasteiger partial charge on any atom is -0.357 e. The number of pyridine rings is 1. The topological polar surface area (TPSA) is 58.4 Å². The van der Waals surface area contributed by atoms with Crippen molar-refractivity contribution in [3.8, 4) is 0 Å². The van der Waals surface area contributed by atoms with Gasteiger partial charge < -0.3 is 15.2 Å². The molecule has 0 saturated carbocycles. The van der Waals surface area contributed by atoms with Crippen molar-refractivity contribution < 1.29 is 13.2 Å². The second-order valence-corrected chi connectivity index (χ2v) is 7.23. The lowest BCUT2D eigenvalue weighted by molar-refractivity contribution is -0.137. The van der Waals surface area contributed by atoms with Crippen LogP contribution in [0.15, 0.2) is 82.7 Å². The van der Waals surface area contributed by atoms with Gasteiger partial charge in [-0.2, -0.15) is 13.2 Å². The molecule has 2 aromatic carbocycles. The number of nitrogens with one attached hydrogen (secondary N) is 2. The van der Waals surface area contributed by atoms with Crippen LogP contribution in [0.1, 0.15) is 29.2 Å². The van der Waals surface area contributed by atoms with Crippen LogP contribution in [0.2, 0.25) is 0 Å². The number of rotatable bonds is 7. The monoisotopic (exact) mass is 570 g/mol. The van der Waals surface area contributed by atoms with Gasteiger partial charge >= 0.3 is 6.18 Å². The maximum absolute atomic E-state index is 12.9. The van der Waals surface area contributed by atoms with Crippen molar-refractivity contribution in [2.24, 2.45) is 4.99 Å². The van der Waals surface area contributed by atoms with E-state index in [-0.39, 0.29) is 36.1 Å². The fourth-order valence-electron chi connectivity index (χ4n) is 3.09. The second-order valence-electron chi connectivity index (χ2n) is 7.23. The molecule has 0 saturated heterocycles. The van der Waals surface area contributed by atoms with E-state index in [0.29, 0.717) is 31.2 Å². The Labute approximate surface area is 207 Å². The normalized spacial score (nSPS) is 11.6. The number of alkyl halides is 3. The highest BCUT2D eigenvalue weighted by Gasteiger charge is 2.30. The molecule has 0 radical (unpaired) electrons. The predicted molar refractivity (Wildman–Crippen MR) is 135 cm³/mol. The molecule has 0 aliphatic heterocycles. The van der Waals surface area contributed by atoms with E-state index in [9.17, 15) is 18.0 Å². The molecule has 176 valence electrons. The van der Waals surface area contributed by atoms with Crippen LogP contribution in [0.3, 0.4) is 0 Å². The Bertz CT molecular complexity index is 1110. The highest BCUT2D eigenvalue weighted by molar-refractivity contribution is 14.0. The summed E-state index contributed by atoms with van der Waals surface area (Å²) in [6.07, 6.45) is -2.62. The van der Waals surface area contributed by atoms with Crippen molar-refractivity contribution in [1.29, 1.82) is 0 Å². The van der Waals surface area contributed by atoms with E-state index in [2.05, 4.69) is 15.6 Å². The molecular weight excluding hydrogens is 544 g/mol. The maximum atomic E-state index is 12.9. The van der Waals surface area contributed by atoms with E-state index in [0.717, 1.165) is 23.3 Å². The Kier molecular flexibility index (Phi) is 9.95. The van der Waals surface area contributed by atoms with E-state index >= 15 is 0 Å². The molecule has 0 unspecified atom stereocenters. The lowest BCUT2D eigenvalue weighted by Gasteiger charge is -2.12. The molecule has 0 fully saturated rings. The molecule has 2 N–H and O–H groups in total. The summed E-state index contributed by atoms with van der Waals surface area (Å²) in [6, 6.07) is 18.1. The second kappa shape index (κ2) is 12.4. The summed E-state index contributed by atoms with van der Waals surface area (Å²) in [5, 5.41) is 6.29. The SMILES string of the molecule is CCNC(=NCc1cccc(C(F)(F)F)c1)NCc1ccc(Cn2ccccc2=O)cc1.I. The number of hydrogen-bond acceptors (Lipinski definition) is 2. The summed E-state index contributed by atoms with van der Waals surface area (Å²) in [5.41, 5.74) is 1.77. The van der Waals surface area contributed by atoms with E-state index < -0.39 is 11.7 Å². The summed E-state index contributed by atoms with van der Waals surface area (Å²) in [6.45, 7) is 3.67. The van der Waals surface area contributed by atoms with E-state index in [1.165, 1.54) is 12.1 Å².